The number of carbonyl (C=O) groups excluding carboxylic acids is 1. The SMILES string of the molecule is C[C@@H](NC(=O)Cc1ccccc1F)C12CC3CC(CC(C3)C1)C2. The van der Waals surface area contributed by atoms with Gasteiger partial charge in [0.25, 0.3) is 0 Å². The van der Waals surface area contributed by atoms with Gasteiger partial charge < -0.3 is 5.32 Å². The monoisotopic (exact) mass is 315 g/mol. The Morgan fingerprint density at radius 2 is 1.74 bits per heavy atom. The molecule has 4 aliphatic carbocycles. The van der Waals surface area contributed by atoms with Gasteiger partial charge in [-0.25, -0.2) is 4.39 Å². The summed E-state index contributed by atoms with van der Waals surface area (Å²) in [5.74, 6) is 2.31. The largest absolute Gasteiger partial charge is 0.353 e. The second kappa shape index (κ2) is 5.61. The van der Waals surface area contributed by atoms with Crippen LogP contribution in [0.2, 0.25) is 0 Å². The molecule has 0 aromatic heterocycles. The molecule has 0 heterocycles. The second-order valence-corrected chi connectivity index (χ2v) is 8.34. The van der Waals surface area contributed by atoms with Gasteiger partial charge in [-0.3, -0.25) is 4.79 Å². The lowest BCUT2D eigenvalue weighted by molar-refractivity contribution is -0.125. The van der Waals surface area contributed by atoms with E-state index in [0.717, 1.165) is 17.8 Å². The topological polar surface area (TPSA) is 29.1 Å². The summed E-state index contributed by atoms with van der Waals surface area (Å²) in [4.78, 5) is 12.4. The standard InChI is InChI=1S/C20H26FNO/c1-13(22-19(23)9-17-4-2-3-5-18(17)21)20-10-14-6-15(11-20)8-16(7-14)12-20/h2-5,13-16H,6-12H2,1H3,(H,22,23)/t13-,14?,15?,16?,20?/m1/s1. The van der Waals surface area contributed by atoms with Crippen LogP contribution in [0, 0.1) is 29.0 Å². The first-order valence-electron chi connectivity index (χ1n) is 9.07. The van der Waals surface area contributed by atoms with Crippen molar-refractivity contribution in [2.24, 2.45) is 23.2 Å². The van der Waals surface area contributed by atoms with Crippen molar-refractivity contribution in [2.45, 2.75) is 57.9 Å². The molecular formula is C20H26FNO. The first kappa shape index (κ1) is 15.2. The quantitative estimate of drug-likeness (QED) is 0.891. The Balaban J connectivity index is 1.43. The molecule has 4 fully saturated rings. The lowest BCUT2D eigenvalue weighted by Crippen LogP contribution is -2.56. The number of hydrogen-bond donors (Lipinski definition) is 1. The molecule has 4 saturated carbocycles. The molecule has 1 atom stereocenters. The second-order valence-electron chi connectivity index (χ2n) is 8.34. The average Bonchev–Trinajstić information content (AvgIpc) is 2.48. The van der Waals surface area contributed by atoms with E-state index in [9.17, 15) is 9.18 Å². The van der Waals surface area contributed by atoms with Crippen molar-refractivity contribution in [3.63, 3.8) is 0 Å². The van der Waals surface area contributed by atoms with Crippen molar-refractivity contribution in [2.75, 3.05) is 0 Å². The van der Waals surface area contributed by atoms with Crippen LogP contribution in [0.4, 0.5) is 4.39 Å². The van der Waals surface area contributed by atoms with E-state index in [0.29, 0.717) is 11.0 Å². The maximum atomic E-state index is 13.7. The Morgan fingerprint density at radius 1 is 1.17 bits per heavy atom. The molecule has 2 nitrogen and oxygen atoms in total. The van der Waals surface area contributed by atoms with Crippen molar-refractivity contribution in [1.29, 1.82) is 0 Å². The predicted octanol–water partition coefficient (Wildman–Crippen LogP) is 4.09. The van der Waals surface area contributed by atoms with Crippen LogP contribution in [0.1, 0.15) is 51.0 Å². The number of benzene rings is 1. The van der Waals surface area contributed by atoms with E-state index in [1.165, 1.54) is 44.6 Å². The zero-order valence-electron chi connectivity index (χ0n) is 13.9. The minimum atomic E-state index is -0.287. The Labute approximate surface area is 137 Å². The number of carbonyl (C=O) groups is 1. The minimum absolute atomic E-state index is 0.0432. The van der Waals surface area contributed by atoms with Crippen molar-refractivity contribution in [3.8, 4) is 0 Å². The highest BCUT2D eigenvalue weighted by Crippen LogP contribution is 2.61. The molecule has 1 N–H and O–H groups in total. The van der Waals surface area contributed by atoms with Gasteiger partial charge >= 0.3 is 0 Å². The molecule has 0 spiro atoms. The van der Waals surface area contributed by atoms with Gasteiger partial charge in [0.15, 0.2) is 0 Å². The molecule has 124 valence electrons. The van der Waals surface area contributed by atoms with Gasteiger partial charge in [-0.15, -0.1) is 0 Å². The van der Waals surface area contributed by atoms with Gasteiger partial charge in [0.2, 0.25) is 5.91 Å². The Morgan fingerprint density at radius 3 is 2.30 bits per heavy atom. The molecule has 23 heavy (non-hydrogen) atoms. The van der Waals surface area contributed by atoms with Gasteiger partial charge in [0.1, 0.15) is 5.82 Å². The van der Waals surface area contributed by atoms with Crippen molar-refractivity contribution in [3.05, 3.63) is 35.6 Å². The molecule has 1 aromatic carbocycles. The minimum Gasteiger partial charge on any atom is -0.353 e. The third-order valence-electron chi connectivity index (χ3n) is 6.69. The number of halogens is 1. The Kier molecular flexibility index (Phi) is 3.70. The van der Waals surface area contributed by atoms with Crippen LogP contribution in [0.5, 0.6) is 0 Å². The Hall–Kier alpha value is -1.38. The number of nitrogens with one attached hydrogen (secondary N) is 1. The third-order valence-corrected chi connectivity index (χ3v) is 6.69. The first-order valence-corrected chi connectivity index (χ1v) is 9.07. The molecule has 4 aliphatic rings. The molecular weight excluding hydrogens is 289 g/mol. The number of rotatable bonds is 4. The van der Waals surface area contributed by atoms with Crippen molar-refractivity contribution in [1.82, 2.24) is 5.32 Å². The molecule has 3 heteroatoms. The third kappa shape index (κ3) is 2.79. The van der Waals surface area contributed by atoms with Crippen molar-refractivity contribution >= 4 is 5.91 Å². The molecule has 0 radical (unpaired) electrons. The van der Waals surface area contributed by atoms with Gasteiger partial charge in [0, 0.05) is 6.04 Å². The molecule has 5 rings (SSSR count). The normalized spacial score (nSPS) is 36.0. The summed E-state index contributed by atoms with van der Waals surface area (Å²) in [5.41, 5.74) is 0.794. The van der Waals surface area contributed by atoms with E-state index in [2.05, 4.69) is 12.2 Å². The summed E-state index contributed by atoms with van der Waals surface area (Å²) < 4.78 is 13.7. The summed E-state index contributed by atoms with van der Waals surface area (Å²) in [6.45, 7) is 2.17. The van der Waals surface area contributed by atoms with Gasteiger partial charge in [-0.2, -0.15) is 0 Å². The summed E-state index contributed by atoms with van der Waals surface area (Å²) in [6.07, 6.45) is 8.21. The van der Waals surface area contributed by atoms with Crippen LogP contribution in [0.15, 0.2) is 24.3 Å². The summed E-state index contributed by atoms with van der Waals surface area (Å²) >= 11 is 0. The van der Waals surface area contributed by atoms with Crippen LogP contribution >= 0.6 is 0 Å². The van der Waals surface area contributed by atoms with E-state index in [4.69, 9.17) is 0 Å². The van der Waals surface area contributed by atoms with E-state index in [1.807, 2.05) is 0 Å². The first-order chi connectivity index (χ1) is 11.0. The number of amides is 1. The van der Waals surface area contributed by atoms with Gasteiger partial charge in [-0.1, -0.05) is 18.2 Å². The molecule has 0 saturated heterocycles. The molecule has 4 bridgehead atoms. The van der Waals surface area contributed by atoms with Gasteiger partial charge in [-0.05, 0) is 80.2 Å². The van der Waals surface area contributed by atoms with E-state index in [-0.39, 0.29) is 24.2 Å². The number of hydrogen-bond acceptors (Lipinski definition) is 1. The van der Waals surface area contributed by atoms with Crippen LogP contribution in [0.25, 0.3) is 0 Å². The molecule has 1 aromatic rings. The predicted molar refractivity (Wildman–Crippen MR) is 88.3 cm³/mol. The highest BCUT2D eigenvalue weighted by Gasteiger charge is 2.53. The van der Waals surface area contributed by atoms with E-state index in [1.54, 1.807) is 18.2 Å². The lowest BCUT2D eigenvalue weighted by atomic mass is 9.48. The van der Waals surface area contributed by atoms with Gasteiger partial charge in [0.05, 0.1) is 6.42 Å². The fraction of sp³-hybridized carbons (Fsp3) is 0.650. The smallest absolute Gasteiger partial charge is 0.224 e. The summed E-state index contributed by atoms with van der Waals surface area (Å²) in [5, 5.41) is 3.21. The van der Waals surface area contributed by atoms with Crippen LogP contribution < -0.4 is 5.32 Å². The highest BCUT2D eigenvalue weighted by atomic mass is 19.1. The zero-order valence-corrected chi connectivity index (χ0v) is 13.9. The van der Waals surface area contributed by atoms with E-state index < -0.39 is 0 Å². The Bertz CT molecular complexity index is 576. The van der Waals surface area contributed by atoms with Crippen molar-refractivity contribution < 1.29 is 9.18 Å². The fourth-order valence-electron chi connectivity index (χ4n) is 5.97. The lowest BCUT2D eigenvalue weighted by Gasteiger charge is -2.59. The van der Waals surface area contributed by atoms with E-state index >= 15 is 0 Å². The van der Waals surface area contributed by atoms with Crippen LogP contribution in [-0.2, 0) is 11.2 Å². The average molecular weight is 315 g/mol. The molecule has 0 unspecified atom stereocenters. The fourth-order valence-corrected chi connectivity index (χ4v) is 5.97. The van der Waals surface area contributed by atoms with Crippen LogP contribution in [0.3, 0.4) is 0 Å². The highest BCUT2D eigenvalue weighted by molar-refractivity contribution is 5.79. The summed E-state index contributed by atoms with van der Waals surface area (Å²) in [6, 6.07) is 6.77. The molecule has 0 aliphatic heterocycles. The summed E-state index contributed by atoms with van der Waals surface area (Å²) in [7, 11) is 0. The molecule has 1 amide bonds. The zero-order chi connectivity index (χ0) is 16.0. The van der Waals surface area contributed by atoms with Crippen LogP contribution in [-0.4, -0.2) is 11.9 Å². The maximum Gasteiger partial charge on any atom is 0.224 e. The maximum absolute atomic E-state index is 13.7.